The van der Waals surface area contributed by atoms with Gasteiger partial charge in [0.05, 0.1) is 29.1 Å². The average molecular weight is 707 g/mol. The molecule has 2 unspecified atom stereocenters. The summed E-state index contributed by atoms with van der Waals surface area (Å²) in [6, 6.07) is 14.2. The van der Waals surface area contributed by atoms with Crippen LogP contribution in [0.1, 0.15) is 54.2 Å². The summed E-state index contributed by atoms with van der Waals surface area (Å²) in [5, 5.41) is 7.17. The number of aryl methyl sites for hydroxylation is 3. The molecular formula is C38H39ClN8O4. The number of aromatic nitrogens is 5. The first-order valence-electron chi connectivity index (χ1n) is 17.2. The highest BCUT2D eigenvalue weighted by Gasteiger charge is 2.46. The number of benzene rings is 2. The average Bonchev–Trinajstić information content (AvgIpc) is 3.84. The number of likely N-dealkylation sites (tertiary alicyclic amines) is 1. The number of carbonyl (C=O) groups excluding carboxylic acids is 1. The second kappa shape index (κ2) is 12.3. The predicted octanol–water partition coefficient (Wildman–Crippen LogP) is 5.12. The van der Waals surface area contributed by atoms with Crippen LogP contribution in [0.5, 0.6) is 5.88 Å². The molecule has 1 amide bonds. The summed E-state index contributed by atoms with van der Waals surface area (Å²) < 4.78 is 8.35. The van der Waals surface area contributed by atoms with Crippen LogP contribution in [0.25, 0.3) is 33.4 Å². The van der Waals surface area contributed by atoms with Crippen molar-refractivity contribution in [2.24, 2.45) is 14.1 Å². The van der Waals surface area contributed by atoms with Gasteiger partial charge in [-0.05, 0) is 68.4 Å². The molecule has 13 heteroatoms. The Labute approximate surface area is 299 Å². The molecule has 0 radical (unpaired) electrons. The van der Waals surface area contributed by atoms with E-state index in [1.807, 2.05) is 30.3 Å². The monoisotopic (exact) mass is 706 g/mol. The van der Waals surface area contributed by atoms with Gasteiger partial charge in [0.2, 0.25) is 11.8 Å². The fourth-order valence-corrected chi connectivity index (χ4v) is 8.59. The number of anilines is 2. The number of carbonyl (C=O) groups is 1. The van der Waals surface area contributed by atoms with E-state index >= 15 is 0 Å². The van der Waals surface area contributed by atoms with Crippen LogP contribution in [0.3, 0.4) is 0 Å². The van der Waals surface area contributed by atoms with Crippen LogP contribution in [-0.2, 0) is 25.3 Å². The van der Waals surface area contributed by atoms with Gasteiger partial charge in [0.1, 0.15) is 17.0 Å². The number of hydrogen-bond donors (Lipinski definition) is 2. The maximum Gasteiger partial charge on any atom is 0.332 e. The van der Waals surface area contributed by atoms with Crippen LogP contribution in [-0.4, -0.2) is 60.6 Å². The van der Waals surface area contributed by atoms with Crippen molar-refractivity contribution >= 4 is 40.0 Å². The van der Waals surface area contributed by atoms with E-state index in [0.29, 0.717) is 28.8 Å². The number of rotatable bonds is 6. The van der Waals surface area contributed by atoms with E-state index in [0.717, 1.165) is 76.9 Å². The summed E-state index contributed by atoms with van der Waals surface area (Å²) in [4.78, 5) is 54.4. The van der Waals surface area contributed by atoms with Crippen LogP contribution in [0.4, 0.5) is 11.5 Å². The first-order valence-corrected chi connectivity index (χ1v) is 17.6. The summed E-state index contributed by atoms with van der Waals surface area (Å²) in [6.07, 6.45) is 4.39. The Bertz CT molecular complexity index is 2410. The van der Waals surface area contributed by atoms with Gasteiger partial charge >= 0.3 is 5.69 Å². The third kappa shape index (κ3) is 5.39. The smallest absolute Gasteiger partial charge is 0.332 e. The SMILES string of the molecule is COc1nc(-c2cccc(-c3cccc(Nc4nc(C)nc5c4c(=O)n(C)c(=O)n5C)c3Cl)c2C)cc2c1C(N1CCC3(CCC(=O)N3)C1)CC2. The lowest BCUT2D eigenvalue weighted by Gasteiger charge is -2.28. The minimum Gasteiger partial charge on any atom is -0.481 e. The molecule has 8 rings (SSSR count). The second-order valence-corrected chi connectivity index (χ2v) is 14.4. The fraction of sp³-hybridized carbons (Fsp3) is 0.368. The van der Waals surface area contributed by atoms with Crippen molar-refractivity contribution < 1.29 is 9.53 Å². The summed E-state index contributed by atoms with van der Waals surface area (Å²) in [7, 11) is 4.69. The highest BCUT2D eigenvalue weighted by molar-refractivity contribution is 6.36. The third-order valence-corrected chi connectivity index (χ3v) is 11.4. The van der Waals surface area contributed by atoms with Crippen LogP contribution < -0.4 is 26.6 Å². The van der Waals surface area contributed by atoms with Crippen molar-refractivity contribution in [3.8, 4) is 28.3 Å². The maximum absolute atomic E-state index is 13.2. The molecule has 3 aromatic heterocycles. The van der Waals surface area contributed by atoms with Gasteiger partial charge in [-0.15, -0.1) is 0 Å². The van der Waals surface area contributed by atoms with Crippen molar-refractivity contribution in [3.63, 3.8) is 0 Å². The Kier molecular flexibility index (Phi) is 7.99. The van der Waals surface area contributed by atoms with Gasteiger partial charge in [0, 0.05) is 56.3 Å². The molecule has 5 aromatic rings. The standard InChI is InChI=1S/C38H39ClN8O4/c1-20-23(25-10-7-11-26(32(25)39)42-33-31-34(41-21(2)40-33)45(3)37(50)46(4)36(31)49)8-6-9-24(20)27-18-22-12-13-28(30(22)35(43-27)51-5)47-17-16-38(19-47)15-14-29(48)44-38/h6-11,18,28H,12-17,19H2,1-5H3,(H,44,48)(H,40,41,42). The van der Waals surface area contributed by atoms with Crippen LogP contribution in [0.2, 0.25) is 5.02 Å². The molecule has 3 aliphatic rings. The molecule has 5 heterocycles. The van der Waals surface area contributed by atoms with E-state index in [4.69, 9.17) is 21.3 Å². The van der Waals surface area contributed by atoms with Gasteiger partial charge in [0.15, 0.2) is 5.65 Å². The molecule has 2 N–H and O–H groups in total. The number of hydrogen-bond acceptors (Lipinski definition) is 9. The molecule has 12 nitrogen and oxygen atoms in total. The number of amides is 1. The van der Waals surface area contributed by atoms with E-state index in [1.165, 1.54) is 17.2 Å². The van der Waals surface area contributed by atoms with Gasteiger partial charge in [-0.25, -0.2) is 19.7 Å². The van der Waals surface area contributed by atoms with Crippen molar-refractivity contribution in [1.82, 2.24) is 34.3 Å². The Balaban J connectivity index is 1.14. The Morgan fingerprint density at radius 1 is 0.961 bits per heavy atom. The first-order chi connectivity index (χ1) is 24.5. The summed E-state index contributed by atoms with van der Waals surface area (Å²) >= 11 is 7.13. The molecule has 262 valence electrons. The lowest BCUT2D eigenvalue weighted by molar-refractivity contribution is -0.119. The number of ether oxygens (including phenoxy) is 1. The van der Waals surface area contributed by atoms with Crippen molar-refractivity contribution in [3.05, 3.63) is 90.8 Å². The lowest BCUT2D eigenvalue weighted by Crippen LogP contribution is -2.44. The van der Waals surface area contributed by atoms with Gasteiger partial charge in [-0.2, -0.15) is 0 Å². The minimum absolute atomic E-state index is 0.107. The zero-order valence-corrected chi connectivity index (χ0v) is 30.0. The molecule has 2 atom stereocenters. The lowest BCUT2D eigenvalue weighted by atomic mass is 9.93. The number of nitrogens with zero attached hydrogens (tertiary/aromatic N) is 6. The van der Waals surface area contributed by atoms with Crippen LogP contribution in [0, 0.1) is 13.8 Å². The molecule has 2 fully saturated rings. The second-order valence-electron chi connectivity index (χ2n) is 14.0. The van der Waals surface area contributed by atoms with Crippen molar-refractivity contribution in [1.29, 1.82) is 0 Å². The first kappa shape index (κ1) is 33.1. The predicted molar refractivity (Wildman–Crippen MR) is 197 cm³/mol. The summed E-state index contributed by atoms with van der Waals surface area (Å²) in [5.74, 6) is 1.47. The minimum atomic E-state index is -0.498. The third-order valence-electron chi connectivity index (χ3n) is 10.9. The molecule has 51 heavy (non-hydrogen) atoms. The molecule has 2 aromatic carbocycles. The molecular weight excluding hydrogens is 668 g/mol. The molecule has 1 aliphatic carbocycles. The van der Waals surface area contributed by atoms with Gasteiger partial charge < -0.3 is 15.4 Å². The van der Waals surface area contributed by atoms with E-state index in [1.54, 1.807) is 21.1 Å². The van der Waals surface area contributed by atoms with Crippen molar-refractivity contribution in [2.45, 2.75) is 57.5 Å². The quantitative estimate of drug-likeness (QED) is 0.247. The normalized spacial score (nSPS) is 20.0. The summed E-state index contributed by atoms with van der Waals surface area (Å²) in [5.41, 5.74) is 6.66. The topological polar surface area (TPSA) is 136 Å². The molecule has 2 aliphatic heterocycles. The van der Waals surface area contributed by atoms with Gasteiger partial charge in [-0.3, -0.25) is 23.6 Å². The highest BCUT2D eigenvalue weighted by Crippen LogP contribution is 2.46. The fourth-order valence-electron chi connectivity index (χ4n) is 8.32. The van der Waals surface area contributed by atoms with Gasteiger partial charge in [0.25, 0.3) is 5.56 Å². The van der Waals surface area contributed by atoms with Crippen LogP contribution in [0.15, 0.2) is 52.1 Å². The van der Waals surface area contributed by atoms with Gasteiger partial charge in [-0.1, -0.05) is 41.9 Å². The molecule has 0 saturated carbocycles. The number of methoxy groups -OCH3 is 1. The number of fused-ring (bicyclic) bond motifs is 2. The van der Waals surface area contributed by atoms with Crippen LogP contribution >= 0.6 is 11.6 Å². The Morgan fingerprint density at radius 2 is 1.73 bits per heavy atom. The maximum atomic E-state index is 13.2. The molecule has 2 saturated heterocycles. The zero-order valence-electron chi connectivity index (χ0n) is 29.3. The Hall–Kier alpha value is -5.07. The largest absolute Gasteiger partial charge is 0.481 e. The van der Waals surface area contributed by atoms with E-state index < -0.39 is 11.2 Å². The molecule has 0 bridgehead atoms. The number of pyridine rings is 1. The number of nitrogens with one attached hydrogen (secondary N) is 2. The summed E-state index contributed by atoms with van der Waals surface area (Å²) in [6.45, 7) is 5.57. The van der Waals surface area contributed by atoms with E-state index in [-0.39, 0.29) is 34.3 Å². The van der Waals surface area contributed by atoms with Crippen molar-refractivity contribution in [2.75, 3.05) is 25.5 Å². The molecule has 1 spiro atoms. The number of halogens is 1. The van der Waals surface area contributed by atoms with E-state index in [2.05, 4.69) is 44.6 Å². The van der Waals surface area contributed by atoms with E-state index in [9.17, 15) is 14.4 Å². The highest BCUT2D eigenvalue weighted by atomic mass is 35.5. The zero-order chi connectivity index (χ0) is 35.8. The Morgan fingerprint density at radius 3 is 2.49 bits per heavy atom.